The molecule has 2 aromatic rings. The number of hydrogen-bond donors (Lipinski definition) is 1. The molecule has 1 saturated carbocycles. The van der Waals surface area contributed by atoms with Crippen molar-refractivity contribution in [2.75, 3.05) is 44.2 Å². The van der Waals surface area contributed by atoms with Gasteiger partial charge in [-0.15, -0.1) is 11.8 Å². The van der Waals surface area contributed by atoms with Gasteiger partial charge >= 0.3 is 0 Å². The molecule has 1 N–H and O–H groups in total. The summed E-state index contributed by atoms with van der Waals surface area (Å²) in [7, 11) is 0. The zero-order chi connectivity index (χ0) is 23.1. The normalized spacial score (nSPS) is 23.2. The SMILES string of the molecule is CC1(C)SC2(CCCCC2)C(=O)N1CCCCN1CCN(c2n[nH]c3cc(F)ccc23)CC1. The second-order valence-corrected chi connectivity index (χ2v) is 12.3. The van der Waals surface area contributed by atoms with Gasteiger partial charge in [0.25, 0.3) is 0 Å². The summed E-state index contributed by atoms with van der Waals surface area (Å²) >= 11 is 1.92. The highest BCUT2D eigenvalue weighted by molar-refractivity contribution is 8.03. The third-order valence-electron chi connectivity index (χ3n) is 7.67. The van der Waals surface area contributed by atoms with Crippen LogP contribution in [0.1, 0.15) is 58.8 Å². The lowest BCUT2D eigenvalue weighted by atomic mass is 9.87. The number of anilines is 1. The van der Waals surface area contributed by atoms with Crippen LogP contribution in [-0.4, -0.2) is 74.8 Å². The Bertz CT molecular complexity index is 994. The zero-order valence-corrected chi connectivity index (χ0v) is 20.7. The first kappa shape index (κ1) is 23.0. The van der Waals surface area contributed by atoms with E-state index in [2.05, 4.69) is 38.7 Å². The summed E-state index contributed by atoms with van der Waals surface area (Å²) in [5.74, 6) is 1.08. The molecule has 1 aliphatic carbocycles. The third kappa shape index (κ3) is 4.48. The molecule has 2 saturated heterocycles. The summed E-state index contributed by atoms with van der Waals surface area (Å²) in [5.41, 5.74) is 0.750. The van der Waals surface area contributed by atoms with E-state index < -0.39 is 0 Å². The number of aromatic nitrogens is 2. The number of benzene rings is 1. The Morgan fingerprint density at radius 2 is 1.79 bits per heavy atom. The highest BCUT2D eigenvalue weighted by Crippen LogP contribution is 2.54. The molecule has 1 aromatic carbocycles. The van der Waals surface area contributed by atoms with Crippen molar-refractivity contribution < 1.29 is 9.18 Å². The second kappa shape index (κ2) is 9.10. The number of unbranched alkanes of at least 4 members (excludes halogenated alkanes) is 1. The highest BCUT2D eigenvalue weighted by Gasteiger charge is 2.55. The Hall–Kier alpha value is -1.80. The van der Waals surface area contributed by atoms with Gasteiger partial charge in [0.2, 0.25) is 5.91 Å². The van der Waals surface area contributed by atoms with Gasteiger partial charge in [-0.1, -0.05) is 19.3 Å². The number of nitrogens with one attached hydrogen (secondary N) is 1. The highest BCUT2D eigenvalue weighted by atomic mass is 32.2. The molecule has 1 aromatic heterocycles. The molecule has 6 nitrogen and oxygen atoms in total. The van der Waals surface area contributed by atoms with Gasteiger partial charge in [-0.2, -0.15) is 5.10 Å². The van der Waals surface area contributed by atoms with E-state index in [0.717, 1.165) is 81.7 Å². The summed E-state index contributed by atoms with van der Waals surface area (Å²) in [6.07, 6.45) is 7.95. The summed E-state index contributed by atoms with van der Waals surface area (Å²) in [6.45, 7) is 10.3. The number of carbonyl (C=O) groups is 1. The minimum absolute atomic E-state index is 0.0880. The lowest BCUT2D eigenvalue weighted by Crippen LogP contribution is -2.47. The predicted molar refractivity (Wildman–Crippen MR) is 133 cm³/mol. The number of H-pyrrole nitrogens is 1. The fourth-order valence-electron chi connectivity index (χ4n) is 5.88. The van der Waals surface area contributed by atoms with Crippen molar-refractivity contribution in [1.82, 2.24) is 20.0 Å². The number of hydrogen-bond acceptors (Lipinski definition) is 5. The number of piperazine rings is 1. The molecular weight excluding hydrogens is 437 g/mol. The molecule has 1 spiro atoms. The molecular formula is C25H36FN5OS. The molecule has 0 unspecified atom stereocenters. The van der Waals surface area contributed by atoms with Crippen LogP contribution in [0.25, 0.3) is 10.9 Å². The number of fused-ring (bicyclic) bond motifs is 1. The first-order valence-corrected chi connectivity index (χ1v) is 13.3. The molecule has 3 fully saturated rings. The molecule has 5 rings (SSSR count). The first-order valence-electron chi connectivity index (χ1n) is 12.5. The van der Waals surface area contributed by atoms with Gasteiger partial charge in [0.15, 0.2) is 5.82 Å². The Kier molecular flexibility index (Phi) is 6.33. The molecule has 33 heavy (non-hydrogen) atoms. The Morgan fingerprint density at radius 1 is 1.06 bits per heavy atom. The van der Waals surface area contributed by atoms with E-state index in [1.165, 1.54) is 31.4 Å². The number of amides is 1. The zero-order valence-electron chi connectivity index (χ0n) is 19.9. The van der Waals surface area contributed by atoms with Crippen LogP contribution in [0.5, 0.6) is 0 Å². The molecule has 0 radical (unpaired) electrons. The van der Waals surface area contributed by atoms with E-state index >= 15 is 0 Å². The van der Waals surface area contributed by atoms with E-state index in [4.69, 9.17) is 0 Å². The lowest BCUT2D eigenvalue weighted by molar-refractivity contribution is -0.135. The van der Waals surface area contributed by atoms with Crippen LogP contribution in [0.2, 0.25) is 0 Å². The summed E-state index contributed by atoms with van der Waals surface area (Å²) in [6, 6.07) is 4.81. The fourth-order valence-corrected chi connectivity index (χ4v) is 7.81. The second-order valence-electron chi connectivity index (χ2n) is 10.3. The molecule has 180 valence electrons. The number of carbonyl (C=O) groups excluding carboxylic acids is 1. The number of halogens is 1. The Labute approximate surface area is 200 Å². The quantitative estimate of drug-likeness (QED) is 0.621. The summed E-state index contributed by atoms with van der Waals surface area (Å²) < 4.78 is 13.3. The van der Waals surface area contributed by atoms with Crippen LogP contribution in [0.15, 0.2) is 18.2 Å². The van der Waals surface area contributed by atoms with Gasteiger partial charge in [-0.3, -0.25) is 14.8 Å². The van der Waals surface area contributed by atoms with Gasteiger partial charge in [0, 0.05) is 38.1 Å². The van der Waals surface area contributed by atoms with Crippen molar-refractivity contribution in [3.8, 4) is 0 Å². The molecule has 3 aliphatic rings. The van der Waals surface area contributed by atoms with E-state index in [-0.39, 0.29) is 15.4 Å². The van der Waals surface area contributed by atoms with Gasteiger partial charge in [-0.25, -0.2) is 4.39 Å². The standard InChI is InChI=1S/C25H36FN5OS/c1-24(2)31(23(32)25(33-24)10-4-3-5-11-25)13-7-6-12-29-14-16-30(17-15-29)22-20-9-8-19(26)18-21(20)27-28-22/h8-9,18H,3-7,10-17H2,1-2H3,(H,27,28). The minimum Gasteiger partial charge on any atom is -0.352 e. The van der Waals surface area contributed by atoms with E-state index in [9.17, 15) is 9.18 Å². The molecule has 8 heteroatoms. The van der Waals surface area contributed by atoms with E-state index in [0.29, 0.717) is 5.91 Å². The van der Waals surface area contributed by atoms with Crippen molar-refractivity contribution in [1.29, 1.82) is 0 Å². The lowest BCUT2D eigenvalue weighted by Gasteiger charge is -2.35. The molecule has 0 atom stereocenters. The number of nitrogens with zero attached hydrogens (tertiary/aromatic N) is 4. The Balaban J connectivity index is 1.08. The largest absolute Gasteiger partial charge is 0.352 e. The van der Waals surface area contributed by atoms with Crippen LogP contribution in [0, 0.1) is 5.82 Å². The molecule has 2 aliphatic heterocycles. The summed E-state index contributed by atoms with van der Waals surface area (Å²) in [5, 5.41) is 8.38. The average molecular weight is 474 g/mol. The molecule has 0 bridgehead atoms. The maximum absolute atomic E-state index is 13.5. The van der Waals surface area contributed by atoms with E-state index in [1.807, 2.05) is 17.8 Å². The third-order valence-corrected chi connectivity index (χ3v) is 9.37. The van der Waals surface area contributed by atoms with Gasteiger partial charge in [0.05, 0.1) is 15.1 Å². The summed E-state index contributed by atoms with van der Waals surface area (Å²) in [4.78, 5) is 20.2. The fraction of sp³-hybridized carbons (Fsp3) is 0.680. The average Bonchev–Trinajstić information content (AvgIpc) is 3.29. The number of rotatable bonds is 6. The van der Waals surface area contributed by atoms with Crippen LogP contribution < -0.4 is 4.90 Å². The van der Waals surface area contributed by atoms with Crippen molar-refractivity contribution in [3.63, 3.8) is 0 Å². The van der Waals surface area contributed by atoms with E-state index in [1.54, 1.807) is 0 Å². The van der Waals surface area contributed by atoms with Crippen molar-refractivity contribution in [2.24, 2.45) is 0 Å². The topological polar surface area (TPSA) is 55.5 Å². The van der Waals surface area contributed by atoms with Crippen LogP contribution in [-0.2, 0) is 4.79 Å². The first-order chi connectivity index (χ1) is 15.9. The van der Waals surface area contributed by atoms with Crippen molar-refractivity contribution in [3.05, 3.63) is 24.0 Å². The van der Waals surface area contributed by atoms with Crippen molar-refractivity contribution in [2.45, 2.75) is 68.4 Å². The molecule has 1 amide bonds. The maximum Gasteiger partial charge on any atom is 0.239 e. The smallest absolute Gasteiger partial charge is 0.239 e. The molecule has 3 heterocycles. The number of aromatic amines is 1. The predicted octanol–water partition coefficient (Wildman–Crippen LogP) is 4.62. The minimum atomic E-state index is -0.242. The van der Waals surface area contributed by atoms with Crippen LogP contribution in [0.4, 0.5) is 10.2 Å². The van der Waals surface area contributed by atoms with Crippen molar-refractivity contribution >= 4 is 34.4 Å². The Morgan fingerprint density at radius 3 is 2.55 bits per heavy atom. The maximum atomic E-state index is 13.5. The number of thioether (sulfide) groups is 1. The van der Waals surface area contributed by atoms with Gasteiger partial charge in [0.1, 0.15) is 5.82 Å². The monoisotopic (exact) mass is 473 g/mol. The van der Waals surface area contributed by atoms with Gasteiger partial charge < -0.3 is 9.80 Å². The van der Waals surface area contributed by atoms with Gasteiger partial charge in [-0.05, 0) is 64.3 Å². The van der Waals surface area contributed by atoms with Crippen LogP contribution >= 0.6 is 11.8 Å². The van der Waals surface area contributed by atoms with Crippen LogP contribution in [0.3, 0.4) is 0 Å².